The predicted molar refractivity (Wildman–Crippen MR) is 123 cm³/mol. The molecule has 1 aromatic carbocycles. The van der Waals surface area contributed by atoms with Gasteiger partial charge in [0.2, 0.25) is 0 Å². The molecule has 2 saturated heterocycles. The highest BCUT2D eigenvalue weighted by molar-refractivity contribution is 5.90. The van der Waals surface area contributed by atoms with Gasteiger partial charge >= 0.3 is 18.1 Å². The Bertz CT molecular complexity index is 895. The molecule has 4 rings (SSSR count). The number of nitrogens with zero attached hydrogens (tertiary/aromatic N) is 2. The first kappa shape index (κ1) is 24.0. The molecule has 3 aliphatic rings. The number of nitrogens with one attached hydrogen (secondary N) is 1. The molecule has 0 bridgehead atoms. The molecule has 2 heterocycles. The zero-order valence-electron chi connectivity index (χ0n) is 19.8. The number of carbonyl (C=O) groups excluding carboxylic acids is 3. The van der Waals surface area contributed by atoms with Gasteiger partial charge in [-0.05, 0) is 57.6 Å². The van der Waals surface area contributed by atoms with Gasteiger partial charge in [0.15, 0.2) is 17.5 Å². The summed E-state index contributed by atoms with van der Waals surface area (Å²) in [5, 5.41) is 2.94. The van der Waals surface area contributed by atoms with E-state index in [1.54, 1.807) is 37.1 Å². The second kappa shape index (κ2) is 10.8. The fourth-order valence-electron chi connectivity index (χ4n) is 4.84. The van der Waals surface area contributed by atoms with E-state index in [9.17, 15) is 14.4 Å². The van der Waals surface area contributed by atoms with Crippen molar-refractivity contribution >= 4 is 23.8 Å². The Kier molecular flexibility index (Phi) is 7.64. The van der Waals surface area contributed by atoms with Crippen LogP contribution in [0.25, 0.3) is 0 Å². The molecule has 0 spiro atoms. The summed E-state index contributed by atoms with van der Waals surface area (Å²) in [6, 6.07) is 4.25. The van der Waals surface area contributed by atoms with Crippen molar-refractivity contribution in [3.8, 4) is 11.5 Å². The number of cyclic esters (lactones) is 1. The molecule has 0 aromatic heterocycles. The Hall–Kier alpha value is -3.17. The van der Waals surface area contributed by atoms with Crippen LogP contribution >= 0.6 is 0 Å². The normalized spacial score (nSPS) is 21.4. The standard InChI is InChI=1S/C24H33N3O7/c1-3-32-22(28)19-15-33-24(30)27(19)17-10-12-26(13-11-17)23(29)25-16-8-9-20(31-2)21(14-16)34-18-6-4-5-7-18/h8-9,14,17-19H,3-7,10-13,15H2,1-2H3,(H,25,29)/t19-/m0/s1. The van der Waals surface area contributed by atoms with E-state index in [-0.39, 0.29) is 31.4 Å². The van der Waals surface area contributed by atoms with Crippen LogP contribution in [0.5, 0.6) is 11.5 Å². The monoisotopic (exact) mass is 475 g/mol. The molecule has 3 fully saturated rings. The lowest BCUT2D eigenvalue weighted by Gasteiger charge is -2.37. The minimum Gasteiger partial charge on any atom is -0.493 e. The van der Waals surface area contributed by atoms with Crippen molar-refractivity contribution in [3.63, 3.8) is 0 Å². The molecule has 1 aliphatic carbocycles. The number of urea groups is 1. The average molecular weight is 476 g/mol. The van der Waals surface area contributed by atoms with Gasteiger partial charge in [-0.3, -0.25) is 4.90 Å². The van der Waals surface area contributed by atoms with Crippen molar-refractivity contribution in [1.82, 2.24) is 9.80 Å². The van der Waals surface area contributed by atoms with Crippen molar-refractivity contribution in [1.29, 1.82) is 0 Å². The topological polar surface area (TPSA) is 107 Å². The fourth-order valence-corrected chi connectivity index (χ4v) is 4.84. The Morgan fingerprint density at radius 3 is 2.53 bits per heavy atom. The molecule has 34 heavy (non-hydrogen) atoms. The van der Waals surface area contributed by atoms with Crippen molar-refractivity contribution in [2.24, 2.45) is 0 Å². The number of likely N-dealkylation sites (tertiary alicyclic amines) is 1. The number of amides is 3. The lowest BCUT2D eigenvalue weighted by Crippen LogP contribution is -2.52. The highest BCUT2D eigenvalue weighted by Gasteiger charge is 2.44. The lowest BCUT2D eigenvalue weighted by atomic mass is 10.0. The van der Waals surface area contributed by atoms with Crippen LogP contribution in [0.3, 0.4) is 0 Å². The smallest absolute Gasteiger partial charge is 0.410 e. The van der Waals surface area contributed by atoms with Crippen LogP contribution in [0.1, 0.15) is 45.4 Å². The Morgan fingerprint density at radius 1 is 1.12 bits per heavy atom. The van der Waals surface area contributed by atoms with Gasteiger partial charge < -0.3 is 29.2 Å². The van der Waals surface area contributed by atoms with Gasteiger partial charge in [-0.2, -0.15) is 0 Å². The maximum atomic E-state index is 12.9. The average Bonchev–Trinajstić information content (AvgIpc) is 3.49. The number of benzene rings is 1. The SMILES string of the molecule is CCOC(=O)[C@@H]1COC(=O)N1C1CCN(C(=O)Nc2ccc(OC)c(OC3CCCC3)c2)CC1. The van der Waals surface area contributed by atoms with E-state index in [2.05, 4.69) is 5.32 Å². The van der Waals surface area contributed by atoms with Gasteiger partial charge in [0, 0.05) is 30.9 Å². The molecular weight excluding hydrogens is 442 g/mol. The molecule has 1 N–H and O–H groups in total. The van der Waals surface area contributed by atoms with Crippen LogP contribution in [0.15, 0.2) is 18.2 Å². The van der Waals surface area contributed by atoms with E-state index in [1.165, 1.54) is 4.90 Å². The van der Waals surface area contributed by atoms with Crippen LogP contribution in [-0.2, 0) is 14.3 Å². The largest absolute Gasteiger partial charge is 0.493 e. The quantitative estimate of drug-likeness (QED) is 0.603. The van der Waals surface area contributed by atoms with Crippen LogP contribution in [-0.4, -0.2) is 79.5 Å². The van der Waals surface area contributed by atoms with E-state index in [1.807, 2.05) is 0 Å². The van der Waals surface area contributed by atoms with Gasteiger partial charge in [0.1, 0.15) is 6.61 Å². The summed E-state index contributed by atoms with van der Waals surface area (Å²) in [5.74, 6) is 0.812. The number of hydrogen-bond donors (Lipinski definition) is 1. The number of anilines is 1. The summed E-state index contributed by atoms with van der Waals surface area (Å²) in [7, 11) is 1.60. The summed E-state index contributed by atoms with van der Waals surface area (Å²) < 4.78 is 21.7. The zero-order chi connectivity index (χ0) is 24.1. The summed E-state index contributed by atoms with van der Waals surface area (Å²) in [6.45, 7) is 2.88. The predicted octanol–water partition coefficient (Wildman–Crippen LogP) is 3.40. The highest BCUT2D eigenvalue weighted by atomic mass is 16.6. The zero-order valence-corrected chi connectivity index (χ0v) is 19.8. The third kappa shape index (κ3) is 5.31. The minimum atomic E-state index is -0.726. The number of ether oxygens (including phenoxy) is 4. The summed E-state index contributed by atoms with van der Waals surface area (Å²) in [6.07, 6.45) is 5.15. The van der Waals surface area contributed by atoms with Gasteiger partial charge in [-0.15, -0.1) is 0 Å². The third-order valence-electron chi connectivity index (χ3n) is 6.63. The van der Waals surface area contributed by atoms with Crippen molar-refractivity contribution < 1.29 is 33.3 Å². The lowest BCUT2D eigenvalue weighted by molar-refractivity contribution is -0.148. The van der Waals surface area contributed by atoms with E-state index >= 15 is 0 Å². The van der Waals surface area contributed by atoms with Crippen LogP contribution in [0.4, 0.5) is 15.3 Å². The molecule has 1 atom stereocenters. The Morgan fingerprint density at radius 2 is 1.85 bits per heavy atom. The Labute approximate surface area is 199 Å². The van der Waals surface area contributed by atoms with E-state index in [4.69, 9.17) is 18.9 Å². The summed E-state index contributed by atoms with van der Waals surface area (Å²) in [5.41, 5.74) is 0.631. The number of hydrogen-bond acceptors (Lipinski definition) is 7. The van der Waals surface area contributed by atoms with E-state index < -0.39 is 18.1 Å². The first-order chi connectivity index (χ1) is 16.5. The van der Waals surface area contributed by atoms with Gasteiger partial charge in [0.05, 0.1) is 19.8 Å². The fraction of sp³-hybridized carbons (Fsp3) is 0.625. The van der Waals surface area contributed by atoms with Gasteiger partial charge in [-0.25, -0.2) is 14.4 Å². The Balaban J connectivity index is 1.34. The molecule has 3 amide bonds. The molecule has 1 aromatic rings. The first-order valence-corrected chi connectivity index (χ1v) is 12.0. The number of esters is 1. The number of carbonyl (C=O) groups is 3. The molecule has 0 unspecified atom stereocenters. The van der Waals surface area contributed by atoms with E-state index in [0.717, 1.165) is 25.7 Å². The van der Waals surface area contributed by atoms with Crippen LogP contribution in [0, 0.1) is 0 Å². The highest BCUT2D eigenvalue weighted by Crippen LogP contribution is 2.34. The number of piperidine rings is 1. The van der Waals surface area contributed by atoms with Gasteiger partial charge in [-0.1, -0.05) is 0 Å². The first-order valence-electron chi connectivity index (χ1n) is 12.0. The molecule has 2 aliphatic heterocycles. The molecule has 186 valence electrons. The minimum absolute atomic E-state index is 0.00109. The maximum absolute atomic E-state index is 12.9. The molecule has 10 nitrogen and oxygen atoms in total. The maximum Gasteiger partial charge on any atom is 0.410 e. The number of rotatable bonds is 7. The molecule has 1 saturated carbocycles. The van der Waals surface area contributed by atoms with Crippen molar-refractivity contribution in [3.05, 3.63) is 18.2 Å². The summed E-state index contributed by atoms with van der Waals surface area (Å²) in [4.78, 5) is 40.5. The molecule has 10 heteroatoms. The number of methoxy groups -OCH3 is 1. The molecular formula is C24H33N3O7. The molecule has 0 radical (unpaired) electrons. The van der Waals surface area contributed by atoms with Crippen LogP contribution < -0.4 is 14.8 Å². The second-order valence-electron chi connectivity index (χ2n) is 8.79. The van der Waals surface area contributed by atoms with Crippen molar-refractivity contribution in [2.45, 2.75) is 63.6 Å². The van der Waals surface area contributed by atoms with Crippen molar-refractivity contribution in [2.75, 3.05) is 38.7 Å². The summed E-state index contributed by atoms with van der Waals surface area (Å²) >= 11 is 0. The van der Waals surface area contributed by atoms with Crippen LogP contribution in [0.2, 0.25) is 0 Å². The third-order valence-corrected chi connectivity index (χ3v) is 6.63. The van der Waals surface area contributed by atoms with Gasteiger partial charge in [0.25, 0.3) is 0 Å². The van der Waals surface area contributed by atoms with E-state index in [0.29, 0.717) is 43.1 Å². The second-order valence-corrected chi connectivity index (χ2v) is 8.79.